The minimum Gasteiger partial charge on any atom is -0.450 e. The van der Waals surface area contributed by atoms with Crippen LogP contribution < -0.4 is 9.80 Å². The zero-order valence-electron chi connectivity index (χ0n) is 14.5. The first-order valence-electron chi connectivity index (χ1n) is 8.75. The molecule has 0 aromatic heterocycles. The first-order chi connectivity index (χ1) is 11.6. The second-order valence-corrected chi connectivity index (χ2v) is 6.56. The number of ether oxygens (including phenoxy) is 1. The average molecular weight is 332 g/mol. The molecule has 0 aliphatic carbocycles. The van der Waals surface area contributed by atoms with E-state index >= 15 is 0 Å². The number of piperazine rings is 1. The maximum atomic E-state index is 12.8. The number of anilines is 1. The summed E-state index contributed by atoms with van der Waals surface area (Å²) in [7, 11) is 0. The molecule has 0 saturated carbocycles. The van der Waals surface area contributed by atoms with Gasteiger partial charge in [-0.05, 0) is 31.9 Å². The zero-order chi connectivity index (χ0) is 17.1. The van der Waals surface area contributed by atoms with Gasteiger partial charge in [0.15, 0.2) is 6.54 Å². The van der Waals surface area contributed by atoms with E-state index < -0.39 is 0 Å². The van der Waals surface area contributed by atoms with Crippen molar-refractivity contribution >= 4 is 17.7 Å². The van der Waals surface area contributed by atoms with Crippen LogP contribution in [0.5, 0.6) is 0 Å². The van der Waals surface area contributed by atoms with Crippen LogP contribution in [0.3, 0.4) is 0 Å². The van der Waals surface area contributed by atoms with Crippen LogP contribution in [0.4, 0.5) is 10.5 Å². The summed E-state index contributed by atoms with van der Waals surface area (Å²) in [5.41, 5.74) is 2.31. The molecule has 6 heteroatoms. The summed E-state index contributed by atoms with van der Waals surface area (Å²) in [5, 5.41) is 0. The maximum absolute atomic E-state index is 12.8. The summed E-state index contributed by atoms with van der Waals surface area (Å²) >= 11 is 0. The summed E-state index contributed by atoms with van der Waals surface area (Å²) in [4.78, 5) is 29.4. The van der Waals surface area contributed by atoms with Gasteiger partial charge in [-0.1, -0.05) is 18.2 Å². The lowest BCUT2D eigenvalue weighted by Crippen LogP contribution is -3.16. The number of nitrogens with one attached hydrogen (secondary N) is 1. The summed E-state index contributed by atoms with van der Waals surface area (Å²) < 4.78 is 5.03. The Bertz CT molecular complexity index is 611. The van der Waals surface area contributed by atoms with Crippen molar-refractivity contribution in [2.24, 2.45) is 0 Å². The lowest BCUT2D eigenvalue weighted by molar-refractivity contribution is -0.895. The van der Waals surface area contributed by atoms with Gasteiger partial charge >= 0.3 is 6.09 Å². The van der Waals surface area contributed by atoms with Gasteiger partial charge in [0.05, 0.1) is 32.8 Å². The first kappa shape index (κ1) is 16.8. The smallest absolute Gasteiger partial charge is 0.410 e. The molecule has 1 aromatic rings. The van der Waals surface area contributed by atoms with Crippen LogP contribution in [0.2, 0.25) is 0 Å². The lowest BCUT2D eigenvalue weighted by Gasteiger charge is -2.32. The molecule has 1 saturated heterocycles. The van der Waals surface area contributed by atoms with Crippen molar-refractivity contribution in [1.29, 1.82) is 0 Å². The maximum Gasteiger partial charge on any atom is 0.410 e. The Labute approximate surface area is 143 Å². The van der Waals surface area contributed by atoms with Crippen molar-refractivity contribution in [3.8, 4) is 0 Å². The standard InChI is InChI=1S/C18H25N3O3/c1-3-24-18(23)20-10-8-19(9-11-20)13-17(22)21-14(2)12-15-6-4-5-7-16(15)21/h4-7,14H,3,8-13H2,1-2H3/p+1/t14-/m1/s1. The number of fused-ring (bicyclic) bond motifs is 1. The summed E-state index contributed by atoms with van der Waals surface area (Å²) in [6.07, 6.45) is 0.679. The number of hydrogen-bond donors (Lipinski definition) is 1. The molecular formula is C18H26N3O3+. The van der Waals surface area contributed by atoms with E-state index in [9.17, 15) is 9.59 Å². The van der Waals surface area contributed by atoms with Gasteiger partial charge in [0.2, 0.25) is 0 Å². The third kappa shape index (κ3) is 3.38. The van der Waals surface area contributed by atoms with Crippen LogP contribution in [-0.4, -0.2) is 62.3 Å². The lowest BCUT2D eigenvalue weighted by atomic mass is 10.1. The average Bonchev–Trinajstić information content (AvgIpc) is 2.91. The molecule has 1 atom stereocenters. The monoisotopic (exact) mass is 332 g/mol. The van der Waals surface area contributed by atoms with Gasteiger partial charge in [-0.3, -0.25) is 9.69 Å². The largest absolute Gasteiger partial charge is 0.450 e. The number of amides is 2. The van der Waals surface area contributed by atoms with Crippen LogP contribution in [0, 0.1) is 0 Å². The van der Waals surface area contributed by atoms with E-state index in [4.69, 9.17) is 4.74 Å². The fourth-order valence-corrected chi connectivity index (χ4v) is 3.64. The number of benzene rings is 1. The summed E-state index contributed by atoms with van der Waals surface area (Å²) in [5.74, 6) is 0.173. The van der Waals surface area contributed by atoms with Crippen molar-refractivity contribution in [2.45, 2.75) is 26.3 Å². The topological polar surface area (TPSA) is 54.3 Å². The summed E-state index contributed by atoms with van der Waals surface area (Å²) in [6.45, 7) is 7.66. The predicted molar refractivity (Wildman–Crippen MR) is 91.3 cm³/mol. The molecule has 2 aliphatic rings. The van der Waals surface area contributed by atoms with Crippen molar-refractivity contribution in [3.63, 3.8) is 0 Å². The van der Waals surface area contributed by atoms with E-state index in [1.807, 2.05) is 30.0 Å². The molecule has 0 unspecified atom stereocenters. The Hall–Kier alpha value is -2.08. The number of rotatable bonds is 3. The number of hydrogen-bond acceptors (Lipinski definition) is 3. The van der Waals surface area contributed by atoms with Crippen LogP contribution in [0.1, 0.15) is 19.4 Å². The molecular weight excluding hydrogens is 306 g/mol. The summed E-state index contributed by atoms with van der Waals surface area (Å²) in [6, 6.07) is 8.37. The van der Waals surface area contributed by atoms with E-state index in [-0.39, 0.29) is 18.0 Å². The molecule has 3 rings (SSSR count). The minimum atomic E-state index is -0.245. The Morgan fingerprint density at radius 3 is 2.67 bits per heavy atom. The highest BCUT2D eigenvalue weighted by atomic mass is 16.6. The SMILES string of the molecule is CCOC(=O)N1CC[NH+](CC(=O)N2c3ccccc3C[C@H]2C)CC1. The molecule has 2 heterocycles. The van der Waals surface area contributed by atoms with E-state index in [0.29, 0.717) is 26.2 Å². The van der Waals surface area contributed by atoms with Gasteiger partial charge < -0.3 is 14.5 Å². The van der Waals surface area contributed by atoms with Crippen LogP contribution in [0.25, 0.3) is 0 Å². The Morgan fingerprint density at radius 2 is 1.96 bits per heavy atom. The molecule has 0 radical (unpaired) electrons. The Kier molecular flexibility index (Phi) is 5.04. The van der Waals surface area contributed by atoms with Gasteiger partial charge in [0, 0.05) is 11.7 Å². The normalized spacial score (nSPS) is 20.8. The number of carbonyl (C=O) groups is 2. The number of quaternary nitrogens is 1. The molecule has 0 bridgehead atoms. The molecule has 1 fully saturated rings. The van der Waals surface area contributed by atoms with Crippen molar-refractivity contribution in [3.05, 3.63) is 29.8 Å². The van der Waals surface area contributed by atoms with Crippen molar-refractivity contribution in [2.75, 3.05) is 44.2 Å². The number of nitrogens with zero attached hydrogens (tertiary/aromatic N) is 2. The zero-order valence-corrected chi connectivity index (χ0v) is 14.5. The van der Waals surface area contributed by atoms with Gasteiger partial charge in [-0.15, -0.1) is 0 Å². The van der Waals surface area contributed by atoms with E-state index in [1.165, 1.54) is 10.5 Å². The minimum absolute atomic E-state index is 0.173. The Balaban J connectivity index is 1.56. The first-order valence-corrected chi connectivity index (χ1v) is 8.75. The second kappa shape index (κ2) is 7.21. The van der Waals surface area contributed by atoms with Gasteiger partial charge in [0.1, 0.15) is 0 Å². The highest BCUT2D eigenvalue weighted by Crippen LogP contribution is 2.31. The van der Waals surface area contributed by atoms with Crippen molar-refractivity contribution < 1.29 is 19.2 Å². The van der Waals surface area contributed by atoms with E-state index in [1.54, 1.807) is 4.90 Å². The fraction of sp³-hybridized carbons (Fsp3) is 0.556. The Morgan fingerprint density at radius 1 is 1.25 bits per heavy atom. The van der Waals surface area contributed by atoms with Crippen molar-refractivity contribution in [1.82, 2.24) is 4.90 Å². The van der Waals surface area contributed by atoms with Gasteiger partial charge in [0.25, 0.3) is 5.91 Å². The number of para-hydroxylation sites is 1. The molecule has 24 heavy (non-hydrogen) atoms. The molecule has 2 amide bonds. The fourth-order valence-electron chi connectivity index (χ4n) is 3.64. The molecule has 6 nitrogen and oxygen atoms in total. The third-order valence-electron chi connectivity index (χ3n) is 4.87. The highest BCUT2D eigenvalue weighted by Gasteiger charge is 2.33. The predicted octanol–water partition coefficient (Wildman–Crippen LogP) is 0.321. The second-order valence-electron chi connectivity index (χ2n) is 6.56. The quantitative estimate of drug-likeness (QED) is 0.867. The molecule has 1 N–H and O–H groups in total. The molecule has 130 valence electrons. The molecule has 2 aliphatic heterocycles. The van der Waals surface area contributed by atoms with E-state index in [2.05, 4.69) is 13.0 Å². The van der Waals surface area contributed by atoms with Crippen LogP contribution >= 0.6 is 0 Å². The van der Waals surface area contributed by atoms with Gasteiger partial charge in [-0.25, -0.2) is 4.79 Å². The highest BCUT2D eigenvalue weighted by molar-refractivity contribution is 5.96. The number of carbonyl (C=O) groups excluding carboxylic acids is 2. The third-order valence-corrected chi connectivity index (χ3v) is 4.87. The van der Waals surface area contributed by atoms with E-state index in [0.717, 1.165) is 25.2 Å². The van der Waals surface area contributed by atoms with Gasteiger partial charge in [-0.2, -0.15) is 0 Å². The molecule has 1 aromatic carbocycles. The molecule has 0 spiro atoms. The van der Waals surface area contributed by atoms with Crippen LogP contribution in [0.15, 0.2) is 24.3 Å². The van der Waals surface area contributed by atoms with Crippen LogP contribution in [-0.2, 0) is 16.0 Å².